The van der Waals surface area contributed by atoms with Gasteiger partial charge in [-0.15, -0.1) is 24.0 Å². The van der Waals surface area contributed by atoms with E-state index in [1.165, 1.54) is 5.56 Å². The number of rotatable bonds is 7. The third-order valence-corrected chi connectivity index (χ3v) is 3.82. The van der Waals surface area contributed by atoms with Crippen molar-refractivity contribution in [3.05, 3.63) is 29.8 Å². The number of methoxy groups -OCH3 is 1. The molecule has 0 fully saturated rings. The average molecular weight is 433 g/mol. The van der Waals surface area contributed by atoms with Crippen LogP contribution in [-0.2, 0) is 5.41 Å². The molecule has 0 amide bonds. The summed E-state index contributed by atoms with van der Waals surface area (Å²) >= 11 is 0. The van der Waals surface area contributed by atoms with Crippen LogP contribution in [0.1, 0.15) is 46.6 Å². The van der Waals surface area contributed by atoms with Crippen molar-refractivity contribution in [1.29, 1.82) is 0 Å². The second-order valence-electron chi connectivity index (χ2n) is 6.26. The predicted molar refractivity (Wildman–Crippen MR) is 110 cm³/mol. The van der Waals surface area contributed by atoms with Crippen molar-refractivity contribution < 1.29 is 4.74 Å². The molecule has 23 heavy (non-hydrogen) atoms. The Morgan fingerprint density at radius 3 is 2.57 bits per heavy atom. The normalized spacial score (nSPS) is 13.0. The van der Waals surface area contributed by atoms with Crippen LogP contribution in [0.5, 0.6) is 5.75 Å². The number of benzene rings is 1. The van der Waals surface area contributed by atoms with Crippen LogP contribution < -0.4 is 15.4 Å². The molecule has 0 bridgehead atoms. The molecule has 2 N–H and O–H groups in total. The molecule has 1 rings (SSSR count). The van der Waals surface area contributed by atoms with Gasteiger partial charge >= 0.3 is 0 Å². The van der Waals surface area contributed by atoms with Crippen LogP contribution in [0.15, 0.2) is 29.3 Å². The number of halogens is 1. The first-order valence-electron chi connectivity index (χ1n) is 8.12. The van der Waals surface area contributed by atoms with Gasteiger partial charge in [0.2, 0.25) is 0 Å². The lowest BCUT2D eigenvalue weighted by Crippen LogP contribution is -2.42. The Hall–Kier alpha value is -0.980. The van der Waals surface area contributed by atoms with E-state index in [1.54, 1.807) is 7.11 Å². The third kappa shape index (κ3) is 7.42. The zero-order chi connectivity index (χ0) is 16.6. The standard InChI is InChI=1S/C18H31N3O.HI/c1-7-14(3)21-17(19-8-2)20-13-18(4,5)15-10-9-11-16(12-15)22-6;/h9-12,14H,7-8,13H2,1-6H3,(H2,19,20,21);1H. The molecule has 0 aliphatic heterocycles. The minimum absolute atomic E-state index is 0. The van der Waals surface area contributed by atoms with Crippen molar-refractivity contribution in [1.82, 2.24) is 10.6 Å². The lowest BCUT2D eigenvalue weighted by Gasteiger charge is -2.25. The van der Waals surface area contributed by atoms with Crippen LogP contribution in [0.25, 0.3) is 0 Å². The van der Waals surface area contributed by atoms with Gasteiger partial charge in [-0.05, 0) is 38.0 Å². The summed E-state index contributed by atoms with van der Waals surface area (Å²) in [5, 5.41) is 6.74. The number of guanidine groups is 1. The number of nitrogens with one attached hydrogen (secondary N) is 2. The Balaban J connectivity index is 0.00000484. The van der Waals surface area contributed by atoms with Gasteiger partial charge in [-0.25, -0.2) is 0 Å². The minimum atomic E-state index is -0.0493. The van der Waals surface area contributed by atoms with E-state index in [0.717, 1.165) is 24.7 Å². The molecule has 132 valence electrons. The first kappa shape index (κ1) is 22.0. The number of hydrogen-bond acceptors (Lipinski definition) is 2. The SMILES string of the molecule is CCNC(=NCC(C)(C)c1cccc(OC)c1)NC(C)CC.I. The lowest BCUT2D eigenvalue weighted by atomic mass is 9.84. The predicted octanol–water partition coefficient (Wildman–Crippen LogP) is 3.94. The van der Waals surface area contributed by atoms with E-state index in [2.05, 4.69) is 57.4 Å². The molecule has 0 saturated carbocycles. The highest BCUT2D eigenvalue weighted by atomic mass is 127. The highest BCUT2D eigenvalue weighted by Gasteiger charge is 2.21. The smallest absolute Gasteiger partial charge is 0.191 e. The second-order valence-corrected chi connectivity index (χ2v) is 6.26. The summed E-state index contributed by atoms with van der Waals surface area (Å²) < 4.78 is 5.32. The van der Waals surface area contributed by atoms with E-state index >= 15 is 0 Å². The number of ether oxygens (including phenoxy) is 1. The molecule has 0 radical (unpaired) electrons. The van der Waals surface area contributed by atoms with Crippen molar-refractivity contribution in [2.75, 3.05) is 20.2 Å². The summed E-state index contributed by atoms with van der Waals surface area (Å²) in [5.74, 6) is 1.77. The molecule has 0 saturated heterocycles. The molecule has 5 heteroatoms. The topological polar surface area (TPSA) is 45.7 Å². The van der Waals surface area contributed by atoms with E-state index in [-0.39, 0.29) is 29.4 Å². The van der Waals surface area contributed by atoms with Gasteiger partial charge in [0.15, 0.2) is 5.96 Å². The molecule has 4 nitrogen and oxygen atoms in total. The van der Waals surface area contributed by atoms with E-state index in [4.69, 9.17) is 9.73 Å². The van der Waals surface area contributed by atoms with E-state index in [1.807, 2.05) is 12.1 Å². The Morgan fingerprint density at radius 1 is 1.30 bits per heavy atom. The maximum atomic E-state index is 5.32. The second kappa shape index (κ2) is 10.7. The van der Waals surface area contributed by atoms with Gasteiger partial charge in [0, 0.05) is 18.0 Å². The first-order valence-corrected chi connectivity index (χ1v) is 8.12. The summed E-state index contributed by atoms with van der Waals surface area (Å²) in [6.45, 7) is 12.4. The van der Waals surface area contributed by atoms with Crippen LogP contribution in [0, 0.1) is 0 Å². The van der Waals surface area contributed by atoms with Gasteiger partial charge in [0.05, 0.1) is 13.7 Å². The molecule has 0 aliphatic rings. The Bertz CT molecular complexity index is 489. The van der Waals surface area contributed by atoms with Crippen LogP contribution >= 0.6 is 24.0 Å². The molecule has 0 spiro atoms. The van der Waals surface area contributed by atoms with Crippen LogP contribution in [0.3, 0.4) is 0 Å². The zero-order valence-corrected chi connectivity index (χ0v) is 17.6. The van der Waals surface area contributed by atoms with Crippen LogP contribution in [0.2, 0.25) is 0 Å². The van der Waals surface area contributed by atoms with Gasteiger partial charge in [-0.1, -0.05) is 32.9 Å². The van der Waals surface area contributed by atoms with Crippen molar-refractivity contribution in [3.8, 4) is 5.75 Å². The molecule has 0 aliphatic carbocycles. The van der Waals surface area contributed by atoms with Crippen LogP contribution in [-0.4, -0.2) is 32.2 Å². The van der Waals surface area contributed by atoms with Crippen molar-refractivity contribution in [3.63, 3.8) is 0 Å². The molecule has 1 unspecified atom stereocenters. The first-order chi connectivity index (χ1) is 10.4. The fourth-order valence-electron chi connectivity index (χ4n) is 2.07. The molecule has 0 heterocycles. The molecular formula is C18H32IN3O. The molecular weight excluding hydrogens is 401 g/mol. The summed E-state index contributed by atoms with van der Waals surface area (Å²) in [7, 11) is 1.70. The molecule has 1 atom stereocenters. The average Bonchev–Trinajstić information content (AvgIpc) is 2.52. The summed E-state index contributed by atoms with van der Waals surface area (Å²) in [4.78, 5) is 4.76. The van der Waals surface area contributed by atoms with Crippen molar-refractivity contribution in [2.24, 2.45) is 4.99 Å². The monoisotopic (exact) mass is 433 g/mol. The maximum absolute atomic E-state index is 5.32. The minimum Gasteiger partial charge on any atom is -0.497 e. The molecule has 1 aromatic carbocycles. The van der Waals surface area contributed by atoms with Gasteiger partial charge in [0.25, 0.3) is 0 Å². The summed E-state index contributed by atoms with van der Waals surface area (Å²) in [5.41, 5.74) is 1.18. The van der Waals surface area contributed by atoms with Crippen molar-refractivity contribution >= 4 is 29.9 Å². The van der Waals surface area contributed by atoms with E-state index in [0.29, 0.717) is 12.6 Å². The third-order valence-electron chi connectivity index (χ3n) is 3.82. The number of hydrogen-bond donors (Lipinski definition) is 2. The quantitative estimate of drug-likeness (QED) is 0.389. The summed E-state index contributed by atoms with van der Waals surface area (Å²) in [6.07, 6.45) is 1.07. The van der Waals surface area contributed by atoms with Crippen molar-refractivity contribution in [2.45, 2.75) is 52.5 Å². The van der Waals surface area contributed by atoms with Crippen LogP contribution in [0.4, 0.5) is 0 Å². The zero-order valence-electron chi connectivity index (χ0n) is 15.3. The molecule has 1 aromatic rings. The Labute approximate surface area is 158 Å². The highest BCUT2D eigenvalue weighted by molar-refractivity contribution is 14.0. The van der Waals surface area contributed by atoms with Gasteiger partial charge in [-0.2, -0.15) is 0 Å². The van der Waals surface area contributed by atoms with Gasteiger partial charge in [0.1, 0.15) is 5.75 Å². The Morgan fingerprint density at radius 2 is 2.00 bits per heavy atom. The fourth-order valence-corrected chi connectivity index (χ4v) is 2.07. The van der Waals surface area contributed by atoms with E-state index in [9.17, 15) is 0 Å². The van der Waals surface area contributed by atoms with E-state index < -0.39 is 0 Å². The lowest BCUT2D eigenvalue weighted by molar-refractivity contribution is 0.412. The molecule has 0 aromatic heterocycles. The fraction of sp³-hybridized carbons (Fsp3) is 0.611. The maximum Gasteiger partial charge on any atom is 0.191 e. The Kier molecular flexibility index (Phi) is 10.3. The largest absolute Gasteiger partial charge is 0.497 e. The number of nitrogens with zero attached hydrogens (tertiary/aromatic N) is 1. The summed E-state index contributed by atoms with van der Waals surface area (Å²) in [6, 6.07) is 8.63. The number of aliphatic imine (C=N–C) groups is 1. The highest BCUT2D eigenvalue weighted by Crippen LogP contribution is 2.26. The van der Waals surface area contributed by atoms with Gasteiger partial charge < -0.3 is 15.4 Å². The van der Waals surface area contributed by atoms with Gasteiger partial charge in [-0.3, -0.25) is 4.99 Å².